The molecule has 0 aliphatic carbocycles. The van der Waals surface area contributed by atoms with Gasteiger partial charge in [0, 0.05) is 13.6 Å². The molecular formula is C22H18N2O4S. The summed E-state index contributed by atoms with van der Waals surface area (Å²) in [5.74, 6) is -0.829. The molecule has 0 spiro atoms. The maximum Gasteiger partial charge on any atom is 0.266 e. The highest BCUT2D eigenvalue weighted by molar-refractivity contribution is 7.89. The van der Waals surface area contributed by atoms with Crippen LogP contribution in [0.2, 0.25) is 0 Å². The molecule has 0 unspecified atom stereocenters. The minimum Gasteiger partial charge on any atom is -0.268 e. The van der Waals surface area contributed by atoms with Crippen molar-refractivity contribution in [2.45, 2.75) is 11.4 Å². The van der Waals surface area contributed by atoms with Crippen molar-refractivity contribution < 1.29 is 18.0 Å². The summed E-state index contributed by atoms with van der Waals surface area (Å²) in [4.78, 5) is 26.3. The fourth-order valence-electron chi connectivity index (χ4n) is 3.30. The van der Waals surface area contributed by atoms with Crippen molar-refractivity contribution >= 4 is 27.5 Å². The molecule has 4 rings (SSSR count). The number of nitrogens with zero attached hydrogens (tertiary/aromatic N) is 2. The third-order valence-corrected chi connectivity index (χ3v) is 6.66. The van der Waals surface area contributed by atoms with Gasteiger partial charge < -0.3 is 0 Å². The smallest absolute Gasteiger partial charge is 0.266 e. The fourth-order valence-corrected chi connectivity index (χ4v) is 4.46. The summed E-state index contributed by atoms with van der Waals surface area (Å²) in [6, 6.07) is 21.7. The lowest BCUT2D eigenvalue weighted by Gasteiger charge is -2.18. The van der Waals surface area contributed by atoms with Gasteiger partial charge in [0.15, 0.2) is 0 Å². The fraction of sp³-hybridized carbons (Fsp3) is 0.0909. The van der Waals surface area contributed by atoms with Gasteiger partial charge >= 0.3 is 0 Å². The Balaban J connectivity index is 1.58. The molecule has 0 saturated carbocycles. The monoisotopic (exact) mass is 406 g/mol. The Hall–Kier alpha value is -3.29. The van der Waals surface area contributed by atoms with Gasteiger partial charge in [-0.1, -0.05) is 42.5 Å². The number of hydrogen-bond acceptors (Lipinski definition) is 4. The van der Waals surface area contributed by atoms with E-state index in [4.69, 9.17) is 0 Å². The van der Waals surface area contributed by atoms with Gasteiger partial charge in [-0.05, 0) is 42.0 Å². The van der Waals surface area contributed by atoms with Gasteiger partial charge in [0.05, 0.1) is 21.7 Å². The van der Waals surface area contributed by atoms with Gasteiger partial charge in [0.1, 0.15) is 0 Å². The summed E-state index contributed by atoms with van der Waals surface area (Å²) in [6.07, 6.45) is 0. The molecular weight excluding hydrogens is 388 g/mol. The van der Waals surface area contributed by atoms with Gasteiger partial charge in [0.2, 0.25) is 10.0 Å². The number of rotatable bonds is 5. The lowest BCUT2D eigenvalue weighted by atomic mass is 10.1. The number of benzene rings is 3. The lowest BCUT2D eigenvalue weighted by molar-refractivity contribution is 0.0926. The van der Waals surface area contributed by atoms with Crippen LogP contribution in [0.15, 0.2) is 83.8 Å². The Morgan fingerprint density at radius 3 is 1.83 bits per heavy atom. The zero-order valence-corrected chi connectivity index (χ0v) is 16.5. The van der Waals surface area contributed by atoms with Crippen LogP contribution in [0, 0.1) is 0 Å². The first-order valence-electron chi connectivity index (χ1n) is 8.98. The number of sulfonamides is 1. The standard InChI is InChI=1S/C22H18N2O4S/c1-23(15-16-7-3-2-4-8-16)29(27,28)18-13-11-17(12-14-18)24-21(25)19-9-5-6-10-20(19)22(24)26/h2-14H,15H2,1H3. The number of imide groups is 1. The van der Waals surface area contributed by atoms with Crippen LogP contribution in [0.4, 0.5) is 5.69 Å². The first-order chi connectivity index (χ1) is 13.9. The van der Waals surface area contributed by atoms with E-state index in [-0.39, 0.29) is 11.4 Å². The molecule has 0 saturated heterocycles. The van der Waals surface area contributed by atoms with Gasteiger partial charge in [-0.3, -0.25) is 9.59 Å². The first kappa shape index (κ1) is 19.0. The number of carbonyl (C=O) groups is 2. The molecule has 7 heteroatoms. The van der Waals surface area contributed by atoms with Crippen molar-refractivity contribution in [3.63, 3.8) is 0 Å². The zero-order valence-electron chi connectivity index (χ0n) is 15.6. The molecule has 1 heterocycles. The van der Waals surface area contributed by atoms with Crippen molar-refractivity contribution in [2.24, 2.45) is 0 Å². The second-order valence-corrected chi connectivity index (χ2v) is 8.78. The SMILES string of the molecule is CN(Cc1ccccc1)S(=O)(=O)c1ccc(N2C(=O)c3ccccc3C2=O)cc1. The molecule has 2 amide bonds. The van der Waals surface area contributed by atoms with Gasteiger partial charge in [-0.15, -0.1) is 0 Å². The summed E-state index contributed by atoms with van der Waals surface area (Å²) in [5, 5.41) is 0. The second-order valence-electron chi connectivity index (χ2n) is 6.73. The summed E-state index contributed by atoms with van der Waals surface area (Å²) in [7, 11) is -2.20. The molecule has 3 aromatic rings. The van der Waals surface area contributed by atoms with Crippen molar-refractivity contribution in [1.29, 1.82) is 0 Å². The molecule has 0 radical (unpaired) electrons. The molecule has 0 aromatic heterocycles. The van der Waals surface area contributed by atoms with Crippen molar-refractivity contribution in [3.8, 4) is 0 Å². The van der Waals surface area contributed by atoms with Crippen LogP contribution in [-0.2, 0) is 16.6 Å². The molecule has 0 bridgehead atoms. The first-order valence-corrected chi connectivity index (χ1v) is 10.4. The predicted molar refractivity (Wildman–Crippen MR) is 109 cm³/mol. The molecule has 146 valence electrons. The van der Waals surface area contributed by atoms with Gasteiger partial charge in [-0.2, -0.15) is 4.31 Å². The third-order valence-electron chi connectivity index (χ3n) is 4.85. The van der Waals surface area contributed by atoms with E-state index in [9.17, 15) is 18.0 Å². The van der Waals surface area contributed by atoms with Crippen molar-refractivity contribution in [2.75, 3.05) is 11.9 Å². The van der Waals surface area contributed by atoms with Crippen LogP contribution in [0.3, 0.4) is 0 Å². The number of hydrogen-bond donors (Lipinski definition) is 0. The van der Waals surface area contributed by atoms with Crippen molar-refractivity contribution in [3.05, 3.63) is 95.6 Å². The van der Waals surface area contributed by atoms with E-state index in [0.29, 0.717) is 16.8 Å². The Morgan fingerprint density at radius 2 is 1.28 bits per heavy atom. The van der Waals surface area contributed by atoms with Gasteiger partial charge in [-0.25, -0.2) is 13.3 Å². The Labute approximate surface area is 169 Å². The molecule has 3 aromatic carbocycles. The maximum atomic E-state index is 12.9. The highest BCUT2D eigenvalue weighted by atomic mass is 32.2. The number of carbonyl (C=O) groups excluding carboxylic acids is 2. The molecule has 6 nitrogen and oxygen atoms in total. The normalized spacial score (nSPS) is 13.8. The number of amides is 2. The average Bonchev–Trinajstić information content (AvgIpc) is 2.99. The second kappa shape index (κ2) is 7.27. The van der Waals surface area contributed by atoms with Crippen molar-refractivity contribution in [1.82, 2.24) is 4.31 Å². The molecule has 0 atom stereocenters. The maximum absolute atomic E-state index is 12.9. The molecule has 0 fully saturated rings. The number of anilines is 1. The summed E-state index contributed by atoms with van der Waals surface area (Å²) in [6.45, 7) is 0.239. The Bertz CT molecular complexity index is 1150. The summed E-state index contributed by atoms with van der Waals surface area (Å²) >= 11 is 0. The van der Waals surface area contributed by atoms with Crippen LogP contribution in [0.25, 0.3) is 0 Å². The predicted octanol–water partition coefficient (Wildman–Crippen LogP) is 3.31. The summed E-state index contributed by atoms with van der Waals surface area (Å²) < 4.78 is 27.0. The van der Waals surface area contributed by atoms with E-state index in [1.54, 1.807) is 24.3 Å². The topological polar surface area (TPSA) is 74.8 Å². The number of fused-ring (bicyclic) bond motifs is 1. The summed E-state index contributed by atoms with van der Waals surface area (Å²) in [5.41, 5.74) is 1.90. The Morgan fingerprint density at radius 1 is 0.759 bits per heavy atom. The van der Waals surface area contributed by atoms with E-state index in [0.717, 1.165) is 10.5 Å². The van der Waals surface area contributed by atoms with Crippen LogP contribution < -0.4 is 4.90 Å². The largest absolute Gasteiger partial charge is 0.268 e. The van der Waals surface area contributed by atoms with Crippen LogP contribution in [0.5, 0.6) is 0 Å². The zero-order chi connectivity index (χ0) is 20.6. The quantitative estimate of drug-likeness (QED) is 0.610. The van der Waals surface area contributed by atoms with E-state index >= 15 is 0 Å². The third kappa shape index (κ3) is 3.35. The van der Waals surface area contributed by atoms with E-state index < -0.39 is 21.8 Å². The van der Waals surface area contributed by atoms with E-state index in [2.05, 4.69) is 0 Å². The van der Waals surface area contributed by atoms with Crippen LogP contribution in [-0.4, -0.2) is 31.6 Å². The average molecular weight is 406 g/mol. The molecule has 1 aliphatic rings. The highest BCUT2D eigenvalue weighted by Gasteiger charge is 2.36. The highest BCUT2D eigenvalue weighted by Crippen LogP contribution is 2.29. The minimum absolute atomic E-state index is 0.0938. The Kier molecular flexibility index (Phi) is 4.77. The molecule has 1 aliphatic heterocycles. The van der Waals surface area contributed by atoms with Gasteiger partial charge in [0.25, 0.3) is 11.8 Å². The van der Waals surface area contributed by atoms with Crippen LogP contribution in [0.1, 0.15) is 26.3 Å². The molecule has 29 heavy (non-hydrogen) atoms. The minimum atomic E-state index is -3.71. The van der Waals surface area contributed by atoms with E-state index in [1.165, 1.54) is 35.6 Å². The lowest BCUT2D eigenvalue weighted by Crippen LogP contribution is -2.29. The van der Waals surface area contributed by atoms with Crippen LogP contribution >= 0.6 is 0 Å². The van der Waals surface area contributed by atoms with E-state index in [1.807, 2.05) is 30.3 Å². The molecule has 0 N–H and O–H groups in total.